The smallest absolute Gasteiger partial charge is 0.288 e. The van der Waals surface area contributed by atoms with E-state index in [0.29, 0.717) is 16.7 Å². The molecule has 106 valence electrons. The van der Waals surface area contributed by atoms with E-state index in [1.807, 2.05) is 19.1 Å². The van der Waals surface area contributed by atoms with Crippen molar-refractivity contribution in [1.29, 1.82) is 0 Å². The van der Waals surface area contributed by atoms with Gasteiger partial charge in [0.2, 0.25) is 0 Å². The first-order valence-electron chi connectivity index (χ1n) is 6.48. The number of thioether (sulfide) groups is 1. The normalized spacial score (nSPS) is 19.2. The molecule has 2 nitrogen and oxygen atoms in total. The zero-order valence-corrected chi connectivity index (χ0v) is 11.7. The Morgan fingerprint density at radius 1 is 1.32 bits per heavy atom. The second-order valence-corrected chi connectivity index (χ2v) is 6.17. The molecule has 1 aliphatic carbocycles. The summed E-state index contributed by atoms with van der Waals surface area (Å²) in [7, 11) is 0. The van der Waals surface area contributed by atoms with Gasteiger partial charge in [0.05, 0.1) is 6.61 Å². The molecule has 0 bridgehead atoms. The Kier molecular flexibility index (Phi) is 4.81. The number of nitrogens with one attached hydrogen (secondary N) is 1. The number of rotatable bonds is 6. The van der Waals surface area contributed by atoms with Crippen molar-refractivity contribution in [2.45, 2.75) is 48.4 Å². The van der Waals surface area contributed by atoms with Crippen molar-refractivity contribution in [2.75, 3.05) is 6.61 Å². The minimum atomic E-state index is -2.38. The maximum absolute atomic E-state index is 12.2. The molecule has 1 aromatic rings. The summed E-state index contributed by atoms with van der Waals surface area (Å²) < 4.78 is 24.4. The van der Waals surface area contributed by atoms with Crippen LogP contribution in [0.1, 0.15) is 37.8 Å². The van der Waals surface area contributed by atoms with Crippen LogP contribution in [0.4, 0.5) is 8.78 Å². The lowest BCUT2D eigenvalue weighted by atomic mass is 9.76. The molecular weight excluding hydrogens is 268 g/mol. The molecule has 1 aromatic carbocycles. The van der Waals surface area contributed by atoms with Gasteiger partial charge in [0.1, 0.15) is 0 Å². The molecule has 0 aliphatic heterocycles. The summed E-state index contributed by atoms with van der Waals surface area (Å²) in [4.78, 5) is 0.575. The fourth-order valence-electron chi connectivity index (χ4n) is 2.43. The summed E-state index contributed by atoms with van der Waals surface area (Å²) in [5.74, 6) is -2.38. The largest absolute Gasteiger partial charge is 0.394 e. The van der Waals surface area contributed by atoms with Gasteiger partial charge in [-0.1, -0.05) is 23.9 Å². The Morgan fingerprint density at radius 3 is 2.37 bits per heavy atom. The molecule has 0 unspecified atom stereocenters. The van der Waals surface area contributed by atoms with E-state index in [4.69, 9.17) is 0 Å². The van der Waals surface area contributed by atoms with Crippen molar-refractivity contribution in [2.24, 2.45) is 0 Å². The van der Waals surface area contributed by atoms with Gasteiger partial charge in [-0.15, -0.1) is 0 Å². The lowest BCUT2D eigenvalue weighted by Gasteiger charge is -2.43. The third-order valence-corrected chi connectivity index (χ3v) is 4.46. The molecule has 1 saturated carbocycles. The Labute approximate surface area is 116 Å². The van der Waals surface area contributed by atoms with E-state index in [-0.39, 0.29) is 18.2 Å². The average molecular weight is 287 g/mol. The SMILES string of the molecule is C[C@H](NC1(CO)CCC1)c1ccc(SC(F)F)cc1. The first-order valence-corrected chi connectivity index (χ1v) is 7.36. The van der Waals surface area contributed by atoms with Crippen LogP contribution < -0.4 is 5.32 Å². The van der Waals surface area contributed by atoms with Crippen LogP contribution in [0, 0.1) is 0 Å². The summed E-state index contributed by atoms with van der Waals surface area (Å²) in [6.45, 7) is 2.18. The molecule has 0 radical (unpaired) electrons. The van der Waals surface area contributed by atoms with Crippen LogP contribution in [0.25, 0.3) is 0 Å². The predicted molar refractivity (Wildman–Crippen MR) is 73.5 cm³/mol. The molecule has 2 N–H and O–H groups in total. The Hall–Kier alpha value is -0.650. The van der Waals surface area contributed by atoms with Crippen molar-refractivity contribution in [3.05, 3.63) is 29.8 Å². The number of aliphatic hydroxyl groups excluding tert-OH is 1. The van der Waals surface area contributed by atoms with Gasteiger partial charge in [-0.05, 0) is 43.9 Å². The molecule has 0 saturated heterocycles. The average Bonchev–Trinajstić information content (AvgIpc) is 2.34. The Balaban J connectivity index is 1.97. The molecular formula is C14H19F2NOS. The highest BCUT2D eigenvalue weighted by Gasteiger charge is 2.37. The standard InChI is InChI=1S/C14H19F2NOS/c1-10(17-14(9-18)7-2-8-14)11-3-5-12(6-4-11)19-13(15)16/h3-6,10,13,17-18H,2,7-9H2,1H3/t10-/m0/s1. The summed E-state index contributed by atoms with van der Waals surface area (Å²) in [5, 5.41) is 12.9. The van der Waals surface area contributed by atoms with Crippen LogP contribution in [0.3, 0.4) is 0 Å². The lowest BCUT2D eigenvalue weighted by Crippen LogP contribution is -2.54. The highest BCUT2D eigenvalue weighted by molar-refractivity contribution is 7.99. The minimum Gasteiger partial charge on any atom is -0.394 e. The lowest BCUT2D eigenvalue weighted by molar-refractivity contribution is 0.0787. The molecule has 0 heterocycles. The van der Waals surface area contributed by atoms with E-state index in [0.717, 1.165) is 24.8 Å². The second-order valence-electron chi connectivity index (χ2n) is 5.11. The summed E-state index contributed by atoms with van der Waals surface area (Å²) >= 11 is 0.558. The molecule has 0 spiro atoms. The topological polar surface area (TPSA) is 32.3 Å². The van der Waals surface area contributed by atoms with Gasteiger partial charge < -0.3 is 10.4 Å². The van der Waals surface area contributed by atoms with E-state index in [9.17, 15) is 13.9 Å². The number of alkyl halides is 2. The van der Waals surface area contributed by atoms with Gasteiger partial charge in [-0.25, -0.2) is 0 Å². The number of hydrogen-bond donors (Lipinski definition) is 2. The van der Waals surface area contributed by atoms with Crippen LogP contribution >= 0.6 is 11.8 Å². The number of benzene rings is 1. The molecule has 1 fully saturated rings. The van der Waals surface area contributed by atoms with Crippen LogP contribution in [0.15, 0.2) is 29.2 Å². The first kappa shape index (κ1) is 14.8. The molecule has 1 aliphatic rings. The van der Waals surface area contributed by atoms with E-state index >= 15 is 0 Å². The highest BCUT2D eigenvalue weighted by atomic mass is 32.2. The summed E-state index contributed by atoms with van der Waals surface area (Å²) in [5.41, 5.74) is 0.911. The van der Waals surface area contributed by atoms with Crippen molar-refractivity contribution < 1.29 is 13.9 Å². The van der Waals surface area contributed by atoms with E-state index < -0.39 is 5.76 Å². The van der Waals surface area contributed by atoms with Gasteiger partial charge >= 0.3 is 0 Å². The van der Waals surface area contributed by atoms with Crippen LogP contribution in [-0.2, 0) is 0 Å². The summed E-state index contributed by atoms with van der Waals surface area (Å²) in [6.07, 6.45) is 3.13. The monoisotopic (exact) mass is 287 g/mol. The van der Waals surface area contributed by atoms with Gasteiger partial charge in [0, 0.05) is 16.5 Å². The molecule has 2 rings (SSSR count). The highest BCUT2D eigenvalue weighted by Crippen LogP contribution is 2.34. The van der Waals surface area contributed by atoms with Gasteiger partial charge in [-0.3, -0.25) is 0 Å². The Bertz CT molecular complexity index is 401. The maximum atomic E-state index is 12.2. The minimum absolute atomic E-state index is 0.109. The number of aliphatic hydroxyl groups is 1. The third kappa shape index (κ3) is 3.68. The second kappa shape index (κ2) is 6.20. The third-order valence-electron chi connectivity index (χ3n) is 3.74. The quantitative estimate of drug-likeness (QED) is 0.785. The van der Waals surface area contributed by atoms with Crippen LogP contribution in [0.2, 0.25) is 0 Å². The molecule has 5 heteroatoms. The molecule has 19 heavy (non-hydrogen) atoms. The Morgan fingerprint density at radius 2 is 1.95 bits per heavy atom. The van der Waals surface area contributed by atoms with Crippen LogP contribution in [0.5, 0.6) is 0 Å². The fourth-order valence-corrected chi connectivity index (χ4v) is 2.93. The molecule has 0 amide bonds. The predicted octanol–water partition coefficient (Wildman–Crippen LogP) is 3.57. The molecule has 0 aromatic heterocycles. The van der Waals surface area contributed by atoms with Crippen LogP contribution in [-0.4, -0.2) is 23.0 Å². The van der Waals surface area contributed by atoms with E-state index in [1.165, 1.54) is 0 Å². The van der Waals surface area contributed by atoms with Crippen molar-refractivity contribution in [1.82, 2.24) is 5.32 Å². The van der Waals surface area contributed by atoms with Gasteiger partial charge in [-0.2, -0.15) is 8.78 Å². The van der Waals surface area contributed by atoms with E-state index in [1.54, 1.807) is 12.1 Å². The number of halogens is 2. The fraction of sp³-hybridized carbons (Fsp3) is 0.571. The van der Waals surface area contributed by atoms with Gasteiger partial charge in [0.15, 0.2) is 0 Å². The van der Waals surface area contributed by atoms with Crippen molar-refractivity contribution in [3.63, 3.8) is 0 Å². The maximum Gasteiger partial charge on any atom is 0.288 e. The zero-order chi connectivity index (χ0) is 13.9. The first-order chi connectivity index (χ1) is 9.04. The van der Waals surface area contributed by atoms with Crippen molar-refractivity contribution >= 4 is 11.8 Å². The zero-order valence-electron chi connectivity index (χ0n) is 10.9. The number of hydrogen-bond acceptors (Lipinski definition) is 3. The summed E-state index contributed by atoms with van der Waals surface area (Å²) in [6, 6.07) is 7.28. The van der Waals surface area contributed by atoms with Gasteiger partial charge in [0.25, 0.3) is 5.76 Å². The van der Waals surface area contributed by atoms with Crippen molar-refractivity contribution in [3.8, 4) is 0 Å². The van der Waals surface area contributed by atoms with E-state index in [2.05, 4.69) is 5.32 Å². The molecule has 1 atom stereocenters.